The van der Waals surface area contributed by atoms with Crippen molar-refractivity contribution in [3.63, 3.8) is 0 Å². The minimum absolute atomic E-state index is 0.203. The molecule has 4 heterocycles. The second-order valence-electron chi connectivity index (χ2n) is 4.88. The number of hydrogen-bond acceptors (Lipinski definition) is 5. The van der Waals surface area contributed by atoms with Crippen molar-refractivity contribution in [1.82, 2.24) is 24.6 Å². The van der Waals surface area contributed by atoms with E-state index < -0.39 is 0 Å². The summed E-state index contributed by atoms with van der Waals surface area (Å²) in [6, 6.07) is 12.7. The molecule has 0 fully saturated rings. The number of hydrogen-bond donors (Lipinski definition) is 0. The van der Waals surface area contributed by atoms with E-state index in [1.807, 2.05) is 24.3 Å². The van der Waals surface area contributed by atoms with E-state index in [4.69, 9.17) is 0 Å². The first-order valence-corrected chi connectivity index (χ1v) is 7.04. The summed E-state index contributed by atoms with van der Waals surface area (Å²) in [6.07, 6.45) is 6.47. The lowest BCUT2D eigenvalue weighted by Gasteiger charge is -2.03. The van der Waals surface area contributed by atoms with Crippen molar-refractivity contribution >= 4 is 11.4 Å². The molecular formula is C17H11N5O. The molecule has 0 unspecified atom stereocenters. The van der Waals surface area contributed by atoms with Crippen molar-refractivity contribution in [2.24, 2.45) is 0 Å². The van der Waals surface area contributed by atoms with Gasteiger partial charge in [-0.2, -0.15) is 5.10 Å². The fourth-order valence-electron chi connectivity index (χ4n) is 2.39. The zero-order valence-electron chi connectivity index (χ0n) is 12.0. The van der Waals surface area contributed by atoms with Gasteiger partial charge < -0.3 is 0 Å². The quantitative estimate of drug-likeness (QED) is 0.543. The average molecular weight is 301 g/mol. The summed E-state index contributed by atoms with van der Waals surface area (Å²) < 4.78 is 1.62. The summed E-state index contributed by atoms with van der Waals surface area (Å²) >= 11 is 0. The van der Waals surface area contributed by atoms with E-state index in [0.717, 1.165) is 11.4 Å². The first-order valence-electron chi connectivity index (χ1n) is 7.04. The summed E-state index contributed by atoms with van der Waals surface area (Å²) in [7, 11) is 0. The molecule has 0 aliphatic heterocycles. The second-order valence-corrected chi connectivity index (χ2v) is 4.88. The van der Waals surface area contributed by atoms with Crippen LogP contribution in [-0.4, -0.2) is 30.3 Å². The highest BCUT2D eigenvalue weighted by atomic mass is 16.1. The lowest BCUT2D eigenvalue weighted by atomic mass is 10.1. The fourth-order valence-corrected chi connectivity index (χ4v) is 2.39. The van der Waals surface area contributed by atoms with Crippen LogP contribution < -0.4 is 0 Å². The Morgan fingerprint density at radius 3 is 2.43 bits per heavy atom. The Morgan fingerprint density at radius 1 is 0.870 bits per heavy atom. The normalized spacial score (nSPS) is 10.8. The average Bonchev–Trinajstić information content (AvgIpc) is 3.06. The predicted molar refractivity (Wildman–Crippen MR) is 83.9 cm³/mol. The summed E-state index contributed by atoms with van der Waals surface area (Å²) in [5.41, 5.74) is 2.81. The van der Waals surface area contributed by atoms with Gasteiger partial charge in [0.2, 0.25) is 5.78 Å². The Labute approximate surface area is 131 Å². The van der Waals surface area contributed by atoms with Gasteiger partial charge >= 0.3 is 0 Å². The van der Waals surface area contributed by atoms with E-state index in [2.05, 4.69) is 20.1 Å². The molecule has 0 aliphatic carbocycles. The lowest BCUT2D eigenvalue weighted by molar-refractivity contribution is 0.103. The Hall–Kier alpha value is -3.41. The maximum Gasteiger partial charge on any atom is 0.216 e. The summed E-state index contributed by atoms with van der Waals surface area (Å²) in [6.45, 7) is 0. The van der Waals surface area contributed by atoms with Crippen LogP contribution in [0.2, 0.25) is 0 Å². The van der Waals surface area contributed by atoms with Crippen molar-refractivity contribution < 1.29 is 4.79 Å². The molecule has 0 atom stereocenters. The molecule has 4 aromatic heterocycles. The predicted octanol–water partition coefficient (Wildman–Crippen LogP) is 2.42. The Bertz CT molecular complexity index is 980. The third-order valence-electron chi connectivity index (χ3n) is 3.47. The van der Waals surface area contributed by atoms with Crippen molar-refractivity contribution in [2.75, 3.05) is 0 Å². The minimum Gasteiger partial charge on any atom is -0.287 e. The molecule has 0 saturated carbocycles. The number of ketones is 1. The number of carbonyl (C=O) groups excluding carboxylic acids is 1. The van der Waals surface area contributed by atoms with E-state index in [1.54, 1.807) is 41.3 Å². The van der Waals surface area contributed by atoms with Gasteiger partial charge in [0.05, 0.1) is 23.1 Å². The van der Waals surface area contributed by atoms with Crippen LogP contribution in [0.25, 0.3) is 17.0 Å². The molecule has 0 saturated heterocycles. The standard InChI is InChI=1S/C17H11N5O/c23-16(14-6-2-4-9-19-14)12-11-21-22-15(7-10-20-17(12)22)13-5-1-3-8-18-13/h1-11H. The number of fused-ring (bicyclic) bond motifs is 1. The molecule has 0 aromatic carbocycles. The Morgan fingerprint density at radius 2 is 1.70 bits per heavy atom. The van der Waals surface area contributed by atoms with Crippen LogP contribution in [0.5, 0.6) is 0 Å². The molecule has 0 amide bonds. The van der Waals surface area contributed by atoms with Gasteiger partial charge in [0, 0.05) is 18.6 Å². The van der Waals surface area contributed by atoms with Crippen LogP contribution in [0.15, 0.2) is 67.3 Å². The molecule has 110 valence electrons. The maximum absolute atomic E-state index is 12.6. The van der Waals surface area contributed by atoms with Crippen molar-refractivity contribution in [3.8, 4) is 11.4 Å². The zero-order chi connectivity index (χ0) is 15.6. The van der Waals surface area contributed by atoms with Gasteiger partial charge in [-0.3, -0.25) is 14.8 Å². The van der Waals surface area contributed by atoms with Gasteiger partial charge in [-0.05, 0) is 30.3 Å². The largest absolute Gasteiger partial charge is 0.287 e. The first kappa shape index (κ1) is 13.3. The smallest absolute Gasteiger partial charge is 0.216 e. The number of pyridine rings is 2. The first-order chi connectivity index (χ1) is 11.3. The molecular weight excluding hydrogens is 290 g/mol. The van der Waals surface area contributed by atoms with Crippen LogP contribution >= 0.6 is 0 Å². The molecule has 0 bridgehead atoms. The van der Waals surface area contributed by atoms with Gasteiger partial charge in [0.1, 0.15) is 5.69 Å². The fraction of sp³-hybridized carbons (Fsp3) is 0. The van der Waals surface area contributed by atoms with Crippen molar-refractivity contribution in [2.45, 2.75) is 0 Å². The van der Waals surface area contributed by atoms with Crippen LogP contribution in [0.3, 0.4) is 0 Å². The van der Waals surface area contributed by atoms with E-state index in [9.17, 15) is 4.79 Å². The monoisotopic (exact) mass is 301 g/mol. The van der Waals surface area contributed by atoms with Gasteiger partial charge in [-0.15, -0.1) is 0 Å². The van der Waals surface area contributed by atoms with E-state index >= 15 is 0 Å². The van der Waals surface area contributed by atoms with Gasteiger partial charge in [0.15, 0.2) is 5.65 Å². The summed E-state index contributed by atoms with van der Waals surface area (Å²) in [4.78, 5) is 25.3. The molecule has 23 heavy (non-hydrogen) atoms. The summed E-state index contributed by atoms with van der Waals surface area (Å²) in [5, 5.41) is 4.31. The Balaban J connectivity index is 1.87. The highest BCUT2D eigenvalue weighted by Crippen LogP contribution is 2.20. The van der Waals surface area contributed by atoms with Gasteiger partial charge in [-0.25, -0.2) is 9.50 Å². The van der Waals surface area contributed by atoms with E-state index in [-0.39, 0.29) is 5.78 Å². The molecule has 0 N–H and O–H groups in total. The third kappa shape index (κ3) is 2.26. The minimum atomic E-state index is -0.203. The number of rotatable bonds is 3. The van der Waals surface area contributed by atoms with Crippen LogP contribution in [0.1, 0.15) is 16.1 Å². The van der Waals surface area contributed by atoms with Gasteiger partial charge in [-0.1, -0.05) is 12.1 Å². The second kappa shape index (κ2) is 5.42. The summed E-state index contributed by atoms with van der Waals surface area (Å²) in [5.74, 6) is -0.203. The molecule has 6 heteroatoms. The van der Waals surface area contributed by atoms with Crippen molar-refractivity contribution in [1.29, 1.82) is 0 Å². The maximum atomic E-state index is 12.6. The number of carbonyl (C=O) groups is 1. The van der Waals surface area contributed by atoms with Crippen molar-refractivity contribution in [3.05, 3.63) is 78.5 Å². The number of aromatic nitrogens is 5. The molecule has 6 nitrogen and oxygen atoms in total. The van der Waals surface area contributed by atoms with Gasteiger partial charge in [0.25, 0.3) is 0 Å². The zero-order valence-corrected chi connectivity index (χ0v) is 12.0. The third-order valence-corrected chi connectivity index (χ3v) is 3.47. The highest BCUT2D eigenvalue weighted by molar-refractivity contribution is 6.11. The van der Waals surface area contributed by atoms with E-state index in [0.29, 0.717) is 16.9 Å². The lowest BCUT2D eigenvalue weighted by Crippen LogP contribution is -2.04. The molecule has 0 aliphatic rings. The van der Waals surface area contributed by atoms with Crippen LogP contribution in [0, 0.1) is 0 Å². The molecule has 4 aromatic rings. The van der Waals surface area contributed by atoms with Crippen LogP contribution in [-0.2, 0) is 0 Å². The Kier molecular flexibility index (Phi) is 3.12. The molecule has 0 radical (unpaired) electrons. The number of nitrogens with zero attached hydrogens (tertiary/aromatic N) is 5. The SMILES string of the molecule is O=C(c1ccccn1)c1cnn2c(-c3ccccn3)ccnc12. The molecule has 0 spiro atoms. The van der Waals surface area contributed by atoms with E-state index in [1.165, 1.54) is 6.20 Å². The highest BCUT2D eigenvalue weighted by Gasteiger charge is 2.18. The topological polar surface area (TPSA) is 73.0 Å². The van der Waals surface area contributed by atoms with Crippen LogP contribution in [0.4, 0.5) is 0 Å². The molecule has 4 rings (SSSR count).